The van der Waals surface area contributed by atoms with Crippen LogP contribution in [0.25, 0.3) is 0 Å². The van der Waals surface area contributed by atoms with Crippen LogP contribution in [-0.4, -0.2) is 17.9 Å². The molecule has 0 heterocycles. The molecule has 3 aromatic rings. The van der Waals surface area contributed by atoms with Gasteiger partial charge >= 0.3 is 0 Å². The van der Waals surface area contributed by atoms with E-state index in [1.807, 2.05) is 88.4 Å². The number of hydrogen-bond donors (Lipinski definition) is 2. The van der Waals surface area contributed by atoms with Gasteiger partial charge in [-0.2, -0.15) is 0 Å². The van der Waals surface area contributed by atoms with E-state index in [9.17, 15) is 9.59 Å². The van der Waals surface area contributed by atoms with E-state index in [4.69, 9.17) is 4.74 Å². The number of nitrogens with one attached hydrogen (secondary N) is 2. The molecular formula is C26H28N2O3. The normalized spacial score (nSPS) is 10.8. The maximum atomic E-state index is 12.9. The van der Waals surface area contributed by atoms with Gasteiger partial charge in [-0.1, -0.05) is 47.5 Å². The van der Waals surface area contributed by atoms with Crippen molar-refractivity contribution in [1.82, 2.24) is 10.6 Å². The van der Waals surface area contributed by atoms with Gasteiger partial charge in [-0.25, -0.2) is 0 Å². The first-order valence-corrected chi connectivity index (χ1v) is 10.3. The van der Waals surface area contributed by atoms with Crippen molar-refractivity contribution < 1.29 is 14.3 Å². The molecule has 0 bridgehead atoms. The molecule has 0 aromatic heterocycles. The Bertz CT molecular complexity index is 999. The molecule has 0 spiro atoms. The van der Waals surface area contributed by atoms with E-state index in [1.165, 1.54) is 0 Å². The van der Waals surface area contributed by atoms with Crippen LogP contribution in [0, 0.1) is 13.8 Å². The second kappa shape index (κ2) is 9.94. The van der Waals surface area contributed by atoms with Crippen molar-refractivity contribution in [2.45, 2.75) is 40.0 Å². The van der Waals surface area contributed by atoms with Crippen LogP contribution in [0.15, 0.2) is 72.8 Å². The number of amides is 2. The molecule has 0 saturated heterocycles. The van der Waals surface area contributed by atoms with Crippen LogP contribution >= 0.6 is 0 Å². The summed E-state index contributed by atoms with van der Waals surface area (Å²) in [7, 11) is 0. The third-order valence-electron chi connectivity index (χ3n) is 4.70. The van der Waals surface area contributed by atoms with Crippen molar-refractivity contribution in [3.05, 3.63) is 101 Å². The molecule has 0 unspecified atom stereocenters. The third-order valence-corrected chi connectivity index (χ3v) is 4.70. The van der Waals surface area contributed by atoms with Gasteiger partial charge in [-0.15, -0.1) is 0 Å². The molecule has 160 valence electrons. The van der Waals surface area contributed by atoms with Gasteiger partial charge in [0.25, 0.3) is 11.8 Å². The lowest BCUT2D eigenvalue weighted by molar-refractivity contribution is 0.0883. The van der Waals surface area contributed by atoms with Gasteiger partial charge in [0.1, 0.15) is 11.9 Å². The molecule has 0 radical (unpaired) electrons. The van der Waals surface area contributed by atoms with Crippen molar-refractivity contribution in [1.29, 1.82) is 0 Å². The van der Waals surface area contributed by atoms with Crippen LogP contribution in [0.3, 0.4) is 0 Å². The number of carbonyl (C=O) groups excluding carboxylic acids is 2. The van der Waals surface area contributed by atoms with Gasteiger partial charge in [-0.05, 0) is 69.7 Å². The summed E-state index contributed by atoms with van der Waals surface area (Å²) >= 11 is 0. The molecule has 0 aliphatic heterocycles. The monoisotopic (exact) mass is 416 g/mol. The summed E-state index contributed by atoms with van der Waals surface area (Å²) < 4.78 is 5.70. The Morgan fingerprint density at radius 3 is 1.65 bits per heavy atom. The summed E-state index contributed by atoms with van der Waals surface area (Å²) in [5.41, 5.74) is 3.80. The Morgan fingerprint density at radius 1 is 0.742 bits per heavy atom. The number of rotatable bonds is 7. The Kier molecular flexibility index (Phi) is 7.08. The predicted molar refractivity (Wildman–Crippen MR) is 122 cm³/mol. The highest BCUT2D eigenvalue weighted by molar-refractivity contribution is 5.97. The molecule has 0 aliphatic rings. The molecule has 5 nitrogen and oxygen atoms in total. The van der Waals surface area contributed by atoms with E-state index in [2.05, 4.69) is 10.6 Å². The van der Waals surface area contributed by atoms with Gasteiger partial charge in [0.05, 0.1) is 6.10 Å². The van der Waals surface area contributed by atoms with E-state index in [-0.39, 0.29) is 17.9 Å². The summed E-state index contributed by atoms with van der Waals surface area (Å²) in [6.07, 6.45) is -0.641. The fourth-order valence-electron chi connectivity index (χ4n) is 3.22. The van der Waals surface area contributed by atoms with Crippen molar-refractivity contribution in [2.75, 3.05) is 0 Å². The van der Waals surface area contributed by atoms with Crippen LogP contribution in [0.1, 0.15) is 57.4 Å². The average Bonchev–Trinajstić information content (AvgIpc) is 2.73. The van der Waals surface area contributed by atoms with Gasteiger partial charge in [0.2, 0.25) is 0 Å². The average molecular weight is 417 g/mol. The number of carbonyl (C=O) groups is 2. The van der Waals surface area contributed by atoms with Crippen LogP contribution in [0.4, 0.5) is 0 Å². The molecule has 31 heavy (non-hydrogen) atoms. The zero-order chi connectivity index (χ0) is 22.4. The second-order valence-electron chi connectivity index (χ2n) is 7.85. The predicted octanol–water partition coefficient (Wildman–Crippen LogP) is 4.95. The Balaban J connectivity index is 1.85. The Hall–Kier alpha value is -3.60. The molecular weight excluding hydrogens is 388 g/mol. The van der Waals surface area contributed by atoms with Crippen molar-refractivity contribution in [3.8, 4) is 5.75 Å². The first kappa shape index (κ1) is 22.1. The zero-order valence-electron chi connectivity index (χ0n) is 18.3. The van der Waals surface area contributed by atoms with E-state index in [1.54, 1.807) is 12.1 Å². The molecule has 0 fully saturated rings. The number of hydrogen-bond acceptors (Lipinski definition) is 3. The lowest BCUT2D eigenvalue weighted by Crippen LogP contribution is -2.41. The molecule has 0 atom stereocenters. The molecule has 5 heteroatoms. The molecule has 2 N–H and O–H groups in total. The van der Waals surface area contributed by atoms with Crippen LogP contribution < -0.4 is 15.4 Å². The standard InChI is InChI=1S/C26H28N2O3/c1-17(2)31-23-13-11-20(12-14-23)24(27-25(29)21-9-5-7-18(3)15-21)28-26(30)22-10-6-8-19(4)16-22/h5-17,24H,1-4H3,(H,27,29)(H,28,30). The molecule has 2 amide bonds. The second-order valence-corrected chi connectivity index (χ2v) is 7.85. The van der Waals surface area contributed by atoms with E-state index >= 15 is 0 Å². The largest absolute Gasteiger partial charge is 0.491 e. The van der Waals surface area contributed by atoms with Gasteiger partial charge in [0, 0.05) is 11.1 Å². The van der Waals surface area contributed by atoms with Crippen molar-refractivity contribution >= 4 is 11.8 Å². The highest BCUT2D eigenvalue weighted by Crippen LogP contribution is 2.19. The Morgan fingerprint density at radius 2 is 1.23 bits per heavy atom. The molecule has 3 rings (SSSR count). The number of aryl methyl sites for hydroxylation is 2. The zero-order valence-corrected chi connectivity index (χ0v) is 18.3. The lowest BCUT2D eigenvalue weighted by atomic mass is 10.1. The van der Waals surface area contributed by atoms with Gasteiger partial charge in [0.15, 0.2) is 0 Å². The quantitative estimate of drug-likeness (QED) is 0.536. The summed E-state index contributed by atoms with van der Waals surface area (Å²) in [4.78, 5) is 25.8. The minimum absolute atomic E-state index is 0.0590. The third kappa shape index (κ3) is 6.19. The summed E-state index contributed by atoms with van der Waals surface area (Å²) in [6.45, 7) is 7.78. The van der Waals surface area contributed by atoms with Gasteiger partial charge in [-0.3, -0.25) is 9.59 Å². The maximum absolute atomic E-state index is 12.9. The first-order valence-electron chi connectivity index (χ1n) is 10.3. The van der Waals surface area contributed by atoms with E-state index in [0.717, 1.165) is 22.4 Å². The molecule has 0 saturated carbocycles. The van der Waals surface area contributed by atoms with Gasteiger partial charge < -0.3 is 15.4 Å². The highest BCUT2D eigenvalue weighted by Gasteiger charge is 2.19. The summed E-state index contributed by atoms with van der Waals surface area (Å²) in [5.74, 6) is 0.203. The van der Waals surface area contributed by atoms with Crippen LogP contribution in [0.5, 0.6) is 5.75 Å². The fraction of sp³-hybridized carbons (Fsp3) is 0.231. The van der Waals surface area contributed by atoms with E-state index in [0.29, 0.717) is 11.1 Å². The van der Waals surface area contributed by atoms with Crippen molar-refractivity contribution in [3.63, 3.8) is 0 Å². The first-order chi connectivity index (χ1) is 14.8. The molecule has 0 aliphatic carbocycles. The number of benzene rings is 3. The molecule has 3 aromatic carbocycles. The van der Waals surface area contributed by atoms with E-state index < -0.39 is 6.17 Å². The summed E-state index contributed by atoms with van der Waals surface area (Å²) in [5, 5.41) is 5.88. The fourth-order valence-corrected chi connectivity index (χ4v) is 3.22. The minimum atomic E-state index is -0.700. The highest BCUT2D eigenvalue weighted by atomic mass is 16.5. The van der Waals surface area contributed by atoms with Crippen molar-refractivity contribution in [2.24, 2.45) is 0 Å². The Labute approximate surface area is 183 Å². The SMILES string of the molecule is Cc1cccc(C(=O)NC(NC(=O)c2cccc(C)c2)c2ccc(OC(C)C)cc2)c1. The minimum Gasteiger partial charge on any atom is -0.491 e. The maximum Gasteiger partial charge on any atom is 0.253 e. The summed E-state index contributed by atoms with van der Waals surface area (Å²) in [6, 6.07) is 22.0. The smallest absolute Gasteiger partial charge is 0.253 e. The number of ether oxygens (including phenoxy) is 1. The topological polar surface area (TPSA) is 67.4 Å². The van der Waals surface area contributed by atoms with Crippen LogP contribution in [0.2, 0.25) is 0 Å². The van der Waals surface area contributed by atoms with Crippen LogP contribution in [-0.2, 0) is 0 Å². The lowest BCUT2D eigenvalue weighted by Gasteiger charge is -2.22.